The lowest BCUT2D eigenvalue weighted by Gasteiger charge is -2.24. The molecule has 1 saturated heterocycles. The fourth-order valence-corrected chi connectivity index (χ4v) is 3.76. The van der Waals surface area contributed by atoms with Crippen LogP contribution in [0.2, 0.25) is 0 Å². The largest absolute Gasteiger partial charge is 0.397 e. The Morgan fingerprint density at radius 1 is 1.29 bits per heavy atom. The maximum Gasteiger partial charge on any atom is 0.150 e. The molecule has 1 fully saturated rings. The number of nitrogen functional groups attached to an aromatic ring is 1. The Balaban J connectivity index is 2.05. The maximum atomic E-state index is 11.3. The van der Waals surface area contributed by atoms with Crippen LogP contribution < -0.4 is 11.1 Å². The zero-order valence-electron chi connectivity index (χ0n) is 9.32. The SMILES string of the molecule is Nc1ccc(Br)cc1NC1CCS(=O)(=O)CC1. The molecule has 3 N–H and O–H groups in total. The van der Waals surface area contributed by atoms with E-state index in [2.05, 4.69) is 21.2 Å². The molecule has 6 heteroatoms. The van der Waals surface area contributed by atoms with Gasteiger partial charge in [-0.3, -0.25) is 0 Å². The van der Waals surface area contributed by atoms with Crippen molar-refractivity contribution in [2.24, 2.45) is 0 Å². The summed E-state index contributed by atoms with van der Waals surface area (Å²) in [6.07, 6.45) is 1.29. The third-order valence-electron chi connectivity index (χ3n) is 2.93. The van der Waals surface area contributed by atoms with Crippen LogP contribution in [0.1, 0.15) is 12.8 Å². The molecule has 1 aromatic rings. The zero-order chi connectivity index (χ0) is 12.5. The third-order valence-corrected chi connectivity index (χ3v) is 5.14. The minimum Gasteiger partial charge on any atom is -0.397 e. The van der Waals surface area contributed by atoms with Crippen molar-refractivity contribution < 1.29 is 8.42 Å². The van der Waals surface area contributed by atoms with Crippen LogP contribution in [-0.4, -0.2) is 26.0 Å². The molecular weight excluding hydrogens is 304 g/mol. The van der Waals surface area contributed by atoms with Gasteiger partial charge in [0, 0.05) is 10.5 Å². The van der Waals surface area contributed by atoms with Gasteiger partial charge in [0.2, 0.25) is 0 Å². The van der Waals surface area contributed by atoms with Gasteiger partial charge < -0.3 is 11.1 Å². The second-order valence-corrected chi connectivity index (χ2v) is 7.52. The van der Waals surface area contributed by atoms with Crippen LogP contribution in [0.4, 0.5) is 11.4 Å². The maximum absolute atomic E-state index is 11.3. The normalized spacial score (nSPS) is 20.1. The van der Waals surface area contributed by atoms with Gasteiger partial charge in [-0.1, -0.05) is 15.9 Å². The van der Waals surface area contributed by atoms with Gasteiger partial charge in [-0.15, -0.1) is 0 Å². The summed E-state index contributed by atoms with van der Waals surface area (Å²) in [6.45, 7) is 0. The highest BCUT2D eigenvalue weighted by Crippen LogP contribution is 2.26. The quantitative estimate of drug-likeness (QED) is 0.818. The van der Waals surface area contributed by atoms with Gasteiger partial charge in [-0.25, -0.2) is 8.42 Å². The number of nitrogens with one attached hydrogen (secondary N) is 1. The first-order valence-electron chi connectivity index (χ1n) is 5.48. The van der Waals surface area contributed by atoms with Crippen molar-refractivity contribution in [3.63, 3.8) is 0 Å². The molecule has 2 rings (SSSR count). The molecule has 4 nitrogen and oxygen atoms in total. The summed E-state index contributed by atoms with van der Waals surface area (Å²) < 4.78 is 23.6. The van der Waals surface area contributed by atoms with Crippen LogP contribution in [0, 0.1) is 0 Å². The van der Waals surface area contributed by atoms with Gasteiger partial charge in [0.05, 0.1) is 22.9 Å². The van der Waals surface area contributed by atoms with Gasteiger partial charge in [0.25, 0.3) is 0 Å². The van der Waals surface area contributed by atoms with E-state index in [1.54, 1.807) is 0 Å². The lowest BCUT2D eigenvalue weighted by atomic mass is 10.1. The Morgan fingerprint density at radius 2 is 1.94 bits per heavy atom. The topological polar surface area (TPSA) is 72.2 Å². The molecule has 1 aromatic carbocycles. The van der Waals surface area contributed by atoms with Crippen LogP contribution in [0.25, 0.3) is 0 Å². The Labute approximate surface area is 110 Å². The zero-order valence-corrected chi connectivity index (χ0v) is 11.7. The van der Waals surface area contributed by atoms with Gasteiger partial charge in [0.15, 0.2) is 0 Å². The molecule has 0 spiro atoms. The first kappa shape index (κ1) is 12.7. The highest BCUT2D eigenvalue weighted by molar-refractivity contribution is 9.10. The number of nitrogens with two attached hydrogens (primary N) is 1. The molecule has 0 atom stereocenters. The number of rotatable bonds is 2. The smallest absolute Gasteiger partial charge is 0.150 e. The summed E-state index contributed by atoms with van der Waals surface area (Å²) in [6, 6.07) is 5.81. The van der Waals surface area contributed by atoms with Crippen molar-refractivity contribution in [2.75, 3.05) is 22.6 Å². The van der Waals surface area contributed by atoms with Crippen molar-refractivity contribution in [3.05, 3.63) is 22.7 Å². The number of sulfone groups is 1. The van der Waals surface area contributed by atoms with E-state index in [0.717, 1.165) is 10.2 Å². The molecule has 1 heterocycles. The fraction of sp³-hybridized carbons (Fsp3) is 0.455. The molecule has 0 aliphatic carbocycles. The third kappa shape index (κ3) is 3.35. The minimum absolute atomic E-state index is 0.190. The summed E-state index contributed by atoms with van der Waals surface area (Å²) in [5.74, 6) is 0.525. The number of anilines is 2. The van der Waals surface area contributed by atoms with Crippen LogP contribution in [0.15, 0.2) is 22.7 Å². The lowest BCUT2D eigenvalue weighted by Crippen LogP contribution is -2.32. The molecule has 0 bridgehead atoms. The summed E-state index contributed by atoms with van der Waals surface area (Å²) in [7, 11) is -2.81. The Morgan fingerprint density at radius 3 is 2.59 bits per heavy atom. The average molecular weight is 319 g/mol. The van der Waals surface area contributed by atoms with E-state index in [9.17, 15) is 8.42 Å². The van der Waals surface area contributed by atoms with Crippen LogP contribution in [0.3, 0.4) is 0 Å². The van der Waals surface area contributed by atoms with Crippen molar-refractivity contribution in [2.45, 2.75) is 18.9 Å². The van der Waals surface area contributed by atoms with Crippen LogP contribution in [-0.2, 0) is 9.84 Å². The number of hydrogen-bond acceptors (Lipinski definition) is 4. The Bertz CT molecular complexity index is 502. The second-order valence-electron chi connectivity index (χ2n) is 4.30. The van der Waals surface area contributed by atoms with E-state index in [4.69, 9.17) is 5.73 Å². The first-order valence-corrected chi connectivity index (χ1v) is 8.10. The Hall–Kier alpha value is -0.750. The summed E-state index contributed by atoms with van der Waals surface area (Å²) in [5, 5.41) is 3.31. The van der Waals surface area contributed by atoms with E-state index in [1.807, 2.05) is 18.2 Å². The standard InChI is InChI=1S/C11H15BrN2O2S/c12-8-1-2-10(13)11(7-8)14-9-3-5-17(15,16)6-4-9/h1-2,7,9,14H,3-6,13H2. The number of benzene rings is 1. The van der Waals surface area contributed by atoms with E-state index in [0.29, 0.717) is 18.5 Å². The molecular formula is C11H15BrN2O2S. The van der Waals surface area contributed by atoms with Gasteiger partial charge in [-0.05, 0) is 31.0 Å². The lowest BCUT2D eigenvalue weighted by molar-refractivity contribution is 0.559. The Kier molecular flexibility index (Phi) is 3.63. The van der Waals surface area contributed by atoms with Crippen LogP contribution in [0.5, 0.6) is 0 Å². The molecule has 0 radical (unpaired) electrons. The highest BCUT2D eigenvalue weighted by Gasteiger charge is 2.23. The molecule has 17 heavy (non-hydrogen) atoms. The van der Waals surface area contributed by atoms with E-state index in [1.165, 1.54) is 0 Å². The van der Waals surface area contributed by atoms with Crippen molar-refractivity contribution in [1.82, 2.24) is 0 Å². The van der Waals surface area contributed by atoms with Crippen molar-refractivity contribution >= 4 is 37.1 Å². The predicted molar refractivity (Wildman–Crippen MR) is 73.9 cm³/mol. The van der Waals surface area contributed by atoms with E-state index < -0.39 is 9.84 Å². The summed E-state index contributed by atoms with van der Waals surface area (Å²) in [4.78, 5) is 0. The van der Waals surface area contributed by atoms with Gasteiger partial charge >= 0.3 is 0 Å². The molecule has 0 saturated carbocycles. The highest BCUT2D eigenvalue weighted by atomic mass is 79.9. The van der Waals surface area contributed by atoms with Crippen molar-refractivity contribution in [3.8, 4) is 0 Å². The second kappa shape index (κ2) is 4.86. The monoisotopic (exact) mass is 318 g/mol. The van der Waals surface area contributed by atoms with Crippen LogP contribution >= 0.6 is 15.9 Å². The first-order chi connectivity index (χ1) is 7.96. The number of halogens is 1. The molecule has 1 aliphatic rings. The molecule has 94 valence electrons. The molecule has 1 aliphatic heterocycles. The minimum atomic E-state index is -2.81. The average Bonchev–Trinajstić information content (AvgIpc) is 2.26. The van der Waals surface area contributed by atoms with Gasteiger partial charge in [0.1, 0.15) is 9.84 Å². The molecule has 0 amide bonds. The summed E-state index contributed by atoms with van der Waals surface area (Å²) >= 11 is 3.39. The predicted octanol–water partition coefficient (Wildman–Crippen LogP) is 2.02. The van der Waals surface area contributed by atoms with Gasteiger partial charge in [-0.2, -0.15) is 0 Å². The molecule has 0 unspecified atom stereocenters. The summed E-state index contributed by atoms with van der Waals surface area (Å²) in [5.41, 5.74) is 7.40. The van der Waals surface area contributed by atoms with Crippen molar-refractivity contribution in [1.29, 1.82) is 0 Å². The van der Waals surface area contributed by atoms with E-state index >= 15 is 0 Å². The number of hydrogen-bond donors (Lipinski definition) is 2. The van der Waals surface area contributed by atoms with E-state index in [-0.39, 0.29) is 17.5 Å². The fourth-order valence-electron chi connectivity index (χ4n) is 1.91. The molecule has 0 aromatic heterocycles.